The smallest absolute Gasteiger partial charge is 0.339 e. The van der Waals surface area contributed by atoms with Gasteiger partial charge in [0.1, 0.15) is 28.7 Å². The van der Waals surface area contributed by atoms with Gasteiger partial charge in [0.2, 0.25) is 23.3 Å². The van der Waals surface area contributed by atoms with Crippen LogP contribution in [0.15, 0.2) is 194 Å². The second kappa shape index (κ2) is 53.0. The van der Waals surface area contributed by atoms with E-state index in [4.69, 9.17) is 28.8 Å². The third-order valence-electron chi connectivity index (χ3n) is 24.7. The summed E-state index contributed by atoms with van der Waals surface area (Å²) in [5.41, 5.74) is 10.2. The number of hydrogen-bond donors (Lipinski definition) is 1. The third-order valence-corrected chi connectivity index (χ3v) is 29.1. The average Bonchev–Trinajstić information content (AvgIpc) is 0.813. The molecule has 17 heteroatoms. The van der Waals surface area contributed by atoms with Gasteiger partial charge in [0.05, 0.1) is 32.6 Å². The van der Waals surface area contributed by atoms with Crippen molar-refractivity contribution in [1.82, 2.24) is 0 Å². The van der Waals surface area contributed by atoms with Crippen molar-refractivity contribution >= 4 is 41.3 Å². The Kier molecular flexibility index (Phi) is 43.1. The van der Waals surface area contributed by atoms with Crippen molar-refractivity contribution in [2.75, 3.05) is 39.6 Å². The molecule has 1 N–H and O–H groups in total. The number of carboxylic acids is 1. The van der Waals surface area contributed by atoms with Crippen LogP contribution in [-0.2, 0) is 23.7 Å². The van der Waals surface area contributed by atoms with Crippen LogP contribution in [0.3, 0.4) is 0 Å². The maximum absolute atomic E-state index is 14.5. The molecule has 4 aliphatic rings. The highest BCUT2D eigenvalue weighted by Crippen LogP contribution is 2.58. The van der Waals surface area contributed by atoms with Crippen LogP contribution in [0.25, 0.3) is 12.2 Å². The second-order valence-electron chi connectivity index (χ2n) is 33.6. The molecule has 0 spiro atoms. The molecule has 0 aromatic heterocycles. The minimum absolute atomic E-state index is 0. The van der Waals surface area contributed by atoms with Gasteiger partial charge in [-0.1, -0.05) is 199 Å². The number of carbonyl (C=O) groups is 1. The van der Waals surface area contributed by atoms with E-state index in [0.717, 1.165) is 60.2 Å². The van der Waals surface area contributed by atoms with Crippen LogP contribution in [0.1, 0.15) is 272 Å². The van der Waals surface area contributed by atoms with Crippen LogP contribution < -0.4 is 51.8 Å². The molecule has 1 aliphatic heterocycles. The van der Waals surface area contributed by atoms with Crippen LogP contribution >= 0.6 is 7.26 Å². The molecule has 10 aromatic rings. The van der Waals surface area contributed by atoms with Crippen LogP contribution in [0, 0.1) is 92.0 Å². The summed E-state index contributed by atoms with van der Waals surface area (Å²) in [6.45, 7) is 23.5. The topological polar surface area (TPSA) is 83.5 Å². The van der Waals surface area contributed by atoms with E-state index in [9.17, 15) is 39.9 Å². The lowest BCUT2D eigenvalue weighted by Crippen LogP contribution is -3.00. The van der Waals surface area contributed by atoms with Gasteiger partial charge < -0.3 is 45.8 Å². The maximum Gasteiger partial charge on any atom is 0.339 e. The number of hydrogen-bond acceptors (Lipinski definition) is 6. The molecule has 0 radical (unpaired) electrons. The minimum Gasteiger partial charge on any atom is -1.00 e. The van der Waals surface area contributed by atoms with Gasteiger partial charge in [-0.15, -0.1) is 0 Å². The molecule has 3 aliphatic carbocycles. The molecular formula is C109H132BrF8O7P. The van der Waals surface area contributed by atoms with Crippen molar-refractivity contribution in [3.05, 3.63) is 313 Å². The molecule has 0 bridgehead atoms. The van der Waals surface area contributed by atoms with E-state index in [1.807, 2.05) is 13.0 Å². The molecule has 678 valence electrons. The molecular weight excluding hydrogens is 1680 g/mol. The van der Waals surface area contributed by atoms with E-state index < -0.39 is 65.3 Å². The van der Waals surface area contributed by atoms with Crippen LogP contribution in [-0.4, -0.2) is 50.7 Å². The predicted octanol–water partition coefficient (Wildman–Crippen LogP) is 26.5. The fourth-order valence-electron chi connectivity index (χ4n) is 18.0. The van der Waals surface area contributed by atoms with Gasteiger partial charge in [-0.2, -0.15) is 17.6 Å². The Hall–Kier alpha value is -9.08. The van der Waals surface area contributed by atoms with Gasteiger partial charge in [-0.3, -0.25) is 0 Å². The number of aromatic carboxylic acids is 1. The summed E-state index contributed by atoms with van der Waals surface area (Å²) >= 11 is 0. The number of aryl methyl sites for hydroxylation is 5. The summed E-state index contributed by atoms with van der Waals surface area (Å²) in [4.78, 5) is 10.6. The first kappa shape index (κ1) is 102. The summed E-state index contributed by atoms with van der Waals surface area (Å²) < 4.78 is 134. The van der Waals surface area contributed by atoms with Gasteiger partial charge >= 0.3 is 5.97 Å². The van der Waals surface area contributed by atoms with E-state index in [0.29, 0.717) is 61.2 Å². The molecule has 1 heterocycles. The highest BCUT2D eigenvalue weighted by molar-refractivity contribution is 7.95. The molecule has 1 saturated heterocycles. The Morgan fingerprint density at radius 3 is 1.14 bits per heavy atom. The van der Waals surface area contributed by atoms with Gasteiger partial charge in [-0.05, 0) is 322 Å². The zero-order chi connectivity index (χ0) is 89.8. The van der Waals surface area contributed by atoms with Gasteiger partial charge in [0, 0.05) is 18.8 Å². The fourth-order valence-corrected chi connectivity index (χ4v) is 22.3. The van der Waals surface area contributed by atoms with Gasteiger partial charge in [0.15, 0.2) is 46.3 Å². The zero-order valence-corrected chi connectivity index (χ0v) is 78.3. The number of ether oxygens (including phenoxy) is 5. The SMILES string of the molecule is C1CCOC1.CCCC1CCC(c2ccc(/C=C/c3c(C)cc(OCC)c(F)c3F)cc2)CC1.CCCC1CCC(c2ccc(CCc3c(C)cc(OCC)c(F)c3F)cc2)CC1.CCCC1CCC(c2ccc(C[P+](c3ccccc3)(c3ccccc3)c3ccccc3)cc2)CC1.CCOc1cc(C)c(C(=O)O)c(F)c1F.CCOc1cc(C)cc(F)c1F.[Br-]. The van der Waals surface area contributed by atoms with E-state index in [2.05, 4.69) is 185 Å². The van der Waals surface area contributed by atoms with Crippen LogP contribution in [0.4, 0.5) is 35.1 Å². The first-order valence-electron chi connectivity index (χ1n) is 45.7. The standard InChI is InChI=1S/C34H38P.C26H34F2O.C26H32F2O.C10H10F2O3.C9H10F2O.C4H8O.BrH/c1-2-12-28-19-23-30(24-20-28)31-25-21-29(22-26-31)27-35(32-13-6-3-7-14-32,33-15-8-4-9-16-33)34-17-10-5-11-18-34;2*1-4-6-19-7-12-21(13-8-19)22-14-9-20(10-15-22)11-16-23-18(3)17-24(29-5-2)26(28)25(23)27;1-3-15-6-4-5(2)7(10(13)14)9(12)8(6)11;1-3-12-8-5-6(2)4-7(10)9(8)11;1-2-4-5-3-1;/h3-11,13-18,21-22,25-26,28,30H,2,12,19-20,23-24,27H2,1H3;9-10,14-15,17,19,21H,4-8,11-13,16H2,1-3H3;9-11,14-17,19,21H,4-8,12-13H2,1-3H3;4H,3H2,1-2H3,(H,13,14);4-5H,3H2,1-2H3;1-4H2;1H/q+1;;;;;;/p-1/b;;16-11+;;;;. The first-order chi connectivity index (χ1) is 60.5. The lowest BCUT2D eigenvalue weighted by atomic mass is 9.77. The maximum atomic E-state index is 14.5. The Balaban J connectivity index is 0.000000199. The van der Waals surface area contributed by atoms with E-state index in [1.165, 1.54) is 186 Å². The van der Waals surface area contributed by atoms with E-state index in [1.54, 1.807) is 65.3 Å². The van der Waals surface area contributed by atoms with E-state index >= 15 is 0 Å². The molecule has 126 heavy (non-hydrogen) atoms. The quantitative estimate of drug-likeness (QED) is 0.0297. The summed E-state index contributed by atoms with van der Waals surface area (Å²) in [5, 5.41) is 13.0. The Morgan fingerprint density at radius 1 is 0.397 bits per heavy atom. The Morgan fingerprint density at radius 2 is 0.762 bits per heavy atom. The van der Waals surface area contributed by atoms with Gasteiger partial charge in [0.25, 0.3) is 0 Å². The summed E-state index contributed by atoms with van der Waals surface area (Å²) in [6, 6.07) is 67.7. The second-order valence-corrected chi connectivity index (χ2v) is 37.1. The fraction of sp³-hybridized carbons (Fsp3) is 0.422. The number of carboxylic acid groups (broad SMARTS) is 1. The summed E-state index contributed by atoms with van der Waals surface area (Å²) in [5.74, 6) is -4.79. The molecule has 10 aromatic carbocycles. The molecule has 0 amide bonds. The number of halogens is 9. The summed E-state index contributed by atoms with van der Waals surface area (Å²) in [6.07, 6.45) is 32.4. The molecule has 0 unspecified atom stereocenters. The third kappa shape index (κ3) is 29.2. The van der Waals surface area contributed by atoms with Crippen molar-refractivity contribution < 1.29 is 85.7 Å². The highest BCUT2D eigenvalue weighted by atomic mass is 79.9. The molecule has 7 nitrogen and oxygen atoms in total. The summed E-state index contributed by atoms with van der Waals surface area (Å²) in [7, 11) is -1.84. The minimum atomic E-state index is -1.84. The number of benzene rings is 10. The lowest BCUT2D eigenvalue weighted by molar-refractivity contribution is -0.0000473. The number of rotatable bonds is 28. The van der Waals surface area contributed by atoms with Gasteiger partial charge in [-0.25, -0.2) is 22.4 Å². The normalized spacial score (nSPS) is 17.2. The van der Waals surface area contributed by atoms with E-state index in [-0.39, 0.29) is 57.7 Å². The van der Waals surface area contributed by atoms with Crippen LogP contribution in [0.5, 0.6) is 23.0 Å². The van der Waals surface area contributed by atoms with Crippen LogP contribution in [0.2, 0.25) is 0 Å². The van der Waals surface area contributed by atoms with Crippen molar-refractivity contribution in [2.45, 2.75) is 241 Å². The first-order valence-corrected chi connectivity index (χ1v) is 47.7. The van der Waals surface area contributed by atoms with Crippen molar-refractivity contribution in [3.63, 3.8) is 0 Å². The van der Waals surface area contributed by atoms with Crippen molar-refractivity contribution in [3.8, 4) is 23.0 Å². The van der Waals surface area contributed by atoms with Crippen molar-refractivity contribution in [1.29, 1.82) is 0 Å². The Labute approximate surface area is 757 Å². The monoisotopic (exact) mass is 1810 g/mol. The average molecular weight is 1820 g/mol. The molecule has 3 saturated carbocycles. The largest absolute Gasteiger partial charge is 1.00 e. The lowest BCUT2D eigenvalue weighted by Gasteiger charge is -2.29. The van der Waals surface area contributed by atoms with Crippen molar-refractivity contribution in [2.24, 2.45) is 17.8 Å². The zero-order valence-electron chi connectivity index (χ0n) is 75.8. The highest BCUT2D eigenvalue weighted by Gasteiger charge is 2.45. The molecule has 14 rings (SSSR count). The molecule has 4 fully saturated rings. The molecule has 0 atom stereocenters. The Bertz CT molecular complexity index is 4830. The predicted molar refractivity (Wildman–Crippen MR) is 499 cm³/mol.